The Morgan fingerprint density at radius 3 is 2.70 bits per heavy atom. The number of carbonyl (C=O) groups is 2. The molecule has 0 saturated carbocycles. The largest absolute Gasteiger partial charge is 0.493 e. The summed E-state index contributed by atoms with van der Waals surface area (Å²) < 4.78 is 38.8. The molecular formula is C17H17F2N3O5. The van der Waals surface area contributed by atoms with Crippen molar-refractivity contribution in [1.82, 2.24) is 15.3 Å². The molecule has 1 N–H and O–H groups in total. The standard InChI is InChI=1S/C17H17F2N3O5/c1-25-14-8-11(2-3-13(14)27-17(18)19)4-5-22-15(23)10-26-16(24)12-9-20-6-7-21-12/h2-3,6-9,17H,4-5,10H2,1H3,(H,22,23). The maximum atomic E-state index is 12.3. The maximum absolute atomic E-state index is 12.3. The van der Waals surface area contributed by atoms with E-state index in [4.69, 9.17) is 9.47 Å². The van der Waals surface area contributed by atoms with Crippen molar-refractivity contribution in [1.29, 1.82) is 0 Å². The minimum Gasteiger partial charge on any atom is -0.493 e. The Kier molecular flexibility index (Phi) is 7.41. The van der Waals surface area contributed by atoms with Crippen LogP contribution in [0.15, 0.2) is 36.8 Å². The van der Waals surface area contributed by atoms with Crippen LogP contribution >= 0.6 is 0 Å². The van der Waals surface area contributed by atoms with E-state index in [2.05, 4.69) is 20.0 Å². The number of esters is 1. The van der Waals surface area contributed by atoms with Crippen LogP contribution in [0, 0.1) is 0 Å². The van der Waals surface area contributed by atoms with Crippen molar-refractivity contribution in [3.05, 3.63) is 48.0 Å². The van der Waals surface area contributed by atoms with Crippen LogP contribution in [0.25, 0.3) is 0 Å². The molecule has 1 heterocycles. The third-order valence-electron chi connectivity index (χ3n) is 3.29. The predicted molar refractivity (Wildman–Crippen MR) is 88.7 cm³/mol. The van der Waals surface area contributed by atoms with Crippen molar-refractivity contribution in [2.75, 3.05) is 20.3 Å². The van der Waals surface area contributed by atoms with Crippen LogP contribution < -0.4 is 14.8 Å². The molecule has 10 heteroatoms. The highest BCUT2D eigenvalue weighted by molar-refractivity contribution is 5.89. The lowest BCUT2D eigenvalue weighted by molar-refractivity contribution is -0.124. The molecular weight excluding hydrogens is 364 g/mol. The van der Waals surface area contributed by atoms with Crippen molar-refractivity contribution in [3.63, 3.8) is 0 Å². The number of nitrogens with one attached hydrogen (secondary N) is 1. The number of hydrogen-bond acceptors (Lipinski definition) is 7. The van der Waals surface area contributed by atoms with E-state index in [-0.39, 0.29) is 23.7 Å². The summed E-state index contributed by atoms with van der Waals surface area (Å²) in [5.41, 5.74) is 0.744. The van der Waals surface area contributed by atoms with Gasteiger partial charge in [-0.3, -0.25) is 9.78 Å². The molecule has 0 saturated heterocycles. The first-order valence-corrected chi connectivity index (χ1v) is 7.81. The van der Waals surface area contributed by atoms with Crippen LogP contribution in [-0.2, 0) is 16.0 Å². The summed E-state index contributed by atoms with van der Waals surface area (Å²) in [6.45, 7) is -3.16. The number of benzene rings is 1. The van der Waals surface area contributed by atoms with E-state index in [1.54, 1.807) is 6.07 Å². The van der Waals surface area contributed by atoms with Gasteiger partial charge in [-0.1, -0.05) is 6.07 Å². The first kappa shape index (κ1) is 20.0. The van der Waals surface area contributed by atoms with E-state index >= 15 is 0 Å². The Morgan fingerprint density at radius 2 is 2.04 bits per heavy atom. The van der Waals surface area contributed by atoms with Gasteiger partial charge in [-0.25, -0.2) is 9.78 Å². The van der Waals surface area contributed by atoms with E-state index in [1.807, 2.05) is 0 Å². The average molecular weight is 381 g/mol. The zero-order chi connectivity index (χ0) is 19.6. The topological polar surface area (TPSA) is 99.6 Å². The Balaban J connectivity index is 1.77. The van der Waals surface area contributed by atoms with Crippen LogP contribution in [0.4, 0.5) is 8.78 Å². The molecule has 1 aromatic carbocycles. The van der Waals surface area contributed by atoms with Gasteiger partial charge in [-0.05, 0) is 24.1 Å². The summed E-state index contributed by atoms with van der Waals surface area (Å²) in [5, 5.41) is 2.58. The fourth-order valence-electron chi connectivity index (χ4n) is 2.07. The SMILES string of the molecule is COc1cc(CCNC(=O)COC(=O)c2cnccn2)ccc1OC(F)F. The Morgan fingerprint density at radius 1 is 1.22 bits per heavy atom. The highest BCUT2D eigenvalue weighted by Crippen LogP contribution is 2.29. The highest BCUT2D eigenvalue weighted by Gasteiger charge is 2.13. The van der Waals surface area contributed by atoms with Gasteiger partial charge in [0.15, 0.2) is 23.8 Å². The van der Waals surface area contributed by atoms with Crippen molar-refractivity contribution in [3.8, 4) is 11.5 Å². The average Bonchev–Trinajstić information content (AvgIpc) is 2.67. The van der Waals surface area contributed by atoms with Gasteiger partial charge in [0.05, 0.1) is 13.3 Å². The number of amides is 1. The highest BCUT2D eigenvalue weighted by atomic mass is 19.3. The molecule has 0 aliphatic heterocycles. The van der Waals surface area contributed by atoms with E-state index < -0.39 is 25.1 Å². The second-order valence-electron chi connectivity index (χ2n) is 5.13. The molecule has 0 spiro atoms. The van der Waals surface area contributed by atoms with Gasteiger partial charge in [0, 0.05) is 18.9 Å². The lowest BCUT2D eigenvalue weighted by Crippen LogP contribution is -2.30. The van der Waals surface area contributed by atoms with Gasteiger partial charge in [-0.2, -0.15) is 8.78 Å². The van der Waals surface area contributed by atoms with Crippen molar-refractivity contribution >= 4 is 11.9 Å². The van der Waals surface area contributed by atoms with Gasteiger partial charge in [0.2, 0.25) is 0 Å². The number of aromatic nitrogens is 2. The van der Waals surface area contributed by atoms with E-state index in [9.17, 15) is 18.4 Å². The molecule has 0 bridgehead atoms. The van der Waals surface area contributed by atoms with Crippen molar-refractivity contribution in [2.24, 2.45) is 0 Å². The molecule has 0 fully saturated rings. The third kappa shape index (κ3) is 6.49. The summed E-state index contributed by atoms with van der Waals surface area (Å²) in [4.78, 5) is 30.8. The Hall–Kier alpha value is -3.30. The number of ether oxygens (including phenoxy) is 3. The van der Waals surface area contributed by atoms with Crippen LogP contribution in [0.5, 0.6) is 11.5 Å². The monoisotopic (exact) mass is 381 g/mol. The number of nitrogens with zero attached hydrogens (tertiary/aromatic N) is 2. The van der Waals surface area contributed by atoms with Gasteiger partial charge in [0.25, 0.3) is 5.91 Å². The van der Waals surface area contributed by atoms with Crippen molar-refractivity contribution < 1.29 is 32.6 Å². The molecule has 27 heavy (non-hydrogen) atoms. The Bertz CT molecular complexity index is 774. The molecule has 2 aromatic rings. The minimum absolute atomic E-state index is 0.00324. The van der Waals surface area contributed by atoms with Gasteiger partial charge < -0.3 is 19.5 Å². The summed E-state index contributed by atoms with van der Waals surface area (Å²) in [5.74, 6) is -1.15. The number of methoxy groups -OCH3 is 1. The zero-order valence-electron chi connectivity index (χ0n) is 14.4. The molecule has 2 rings (SSSR count). The fourth-order valence-corrected chi connectivity index (χ4v) is 2.07. The molecule has 144 valence electrons. The second-order valence-corrected chi connectivity index (χ2v) is 5.13. The predicted octanol–water partition coefficient (Wildman–Crippen LogP) is 1.60. The summed E-state index contributed by atoms with van der Waals surface area (Å²) in [7, 11) is 1.34. The molecule has 0 radical (unpaired) electrons. The summed E-state index contributed by atoms with van der Waals surface area (Å²) in [6, 6.07) is 4.49. The lowest BCUT2D eigenvalue weighted by Gasteiger charge is -2.11. The van der Waals surface area contributed by atoms with Gasteiger partial charge >= 0.3 is 12.6 Å². The number of alkyl halides is 2. The van der Waals surface area contributed by atoms with Gasteiger partial charge in [-0.15, -0.1) is 0 Å². The number of carbonyl (C=O) groups excluding carboxylic acids is 2. The smallest absolute Gasteiger partial charge is 0.387 e. The third-order valence-corrected chi connectivity index (χ3v) is 3.29. The lowest BCUT2D eigenvalue weighted by atomic mass is 10.1. The normalized spacial score (nSPS) is 10.4. The van der Waals surface area contributed by atoms with Crippen LogP contribution in [0.1, 0.15) is 16.1 Å². The second kappa shape index (κ2) is 10.00. The first-order valence-electron chi connectivity index (χ1n) is 7.81. The fraction of sp³-hybridized carbons (Fsp3) is 0.294. The molecule has 0 aliphatic carbocycles. The molecule has 0 atom stereocenters. The zero-order valence-corrected chi connectivity index (χ0v) is 14.4. The quantitative estimate of drug-likeness (QED) is 0.659. The number of halogens is 2. The van der Waals surface area contributed by atoms with E-state index in [1.165, 1.54) is 37.8 Å². The molecule has 8 nitrogen and oxygen atoms in total. The molecule has 0 aliphatic rings. The molecule has 0 unspecified atom stereocenters. The van der Waals surface area contributed by atoms with Crippen LogP contribution in [-0.4, -0.2) is 48.7 Å². The van der Waals surface area contributed by atoms with Crippen molar-refractivity contribution in [2.45, 2.75) is 13.0 Å². The first-order chi connectivity index (χ1) is 13.0. The Labute approximate surface area is 153 Å². The maximum Gasteiger partial charge on any atom is 0.387 e. The molecule has 1 amide bonds. The number of rotatable bonds is 9. The molecule has 1 aromatic heterocycles. The van der Waals surface area contributed by atoms with Crippen LogP contribution in [0.3, 0.4) is 0 Å². The van der Waals surface area contributed by atoms with Gasteiger partial charge in [0.1, 0.15) is 0 Å². The van der Waals surface area contributed by atoms with E-state index in [0.29, 0.717) is 6.42 Å². The minimum atomic E-state index is -2.95. The number of hydrogen-bond donors (Lipinski definition) is 1. The summed E-state index contributed by atoms with van der Waals surface area (Å²) >= 11 is 0. The van der Waals surface area contributed by atoms with E-state index in [0.717, 1.165) is 5.56 Å². The van der Waals surface area contributed by atoms with Crippen LogP contribution in [0.2, 0.25) is 0 Å². The summed E-state index contributed by atoms with van der Waals surface area (Å²) in [6.07, 6.45) is 4.39.